The number of hydrogen-bond donors (Lipinski definition) is 1. The minimum Gasteiger partial charge on any atom is -0.497 e. The molecule has 0 unspecified atom stereocenters. The molecule has 0 spiro atoms. The first-order chi connectivity index (χ1) is 13.7. The number of methoxy groups -OCH3 is 1. The van der Waals surface area contributed by atoms with Gasteiger partial charge in [0.15, 0.2) is 0 Å². The average molecular weight is 383 g/mol. The van der Waals surface area contributed by atoms with Gasteiger partial charge in [0.05, 0.1) is 13.7 Å². The maximum Gasteiger partial charge on any atom is 0.234 e. The van der Waals surface area contributed by atoms with E-state index < -0.39 is 0 Å². The first-order valence-corrected chi connectivity index (χ1v) is 9.75. The van der Waals surface area contributed by atoms with E-state index in [0.29, 0.717) is 19.7 Å². The molecule has 1 aliphatic rings. The standard InChI is InChI=1S/C22H29N3O3/c1-27-20-7-9-21(10-8-20)28-16-15-24-11-13-25(14-12-24)18-22(26)23-17-19-5-3-2-4-6-19/h2-10H,11-18H2,1H3,(H,23,26). The summed E-state index contributed by atoms with van der Waals surface area (Å²) >= 11 is 0. The first-order valence-electron chi connectivity index (χ1n) is 9.75. The predicted molar refractivity (Wildman–Crippen MR) is 110 cm³/mol. The summed E-state index contributed by atoms with van der Waals surface area (Å²) in [5.41, 5.74) is 1.12. The lowest BCUT2D eigenvalue weighted by Gasteiger charge is -2.34. The fourth-order valence-electron chi connectivity index (χ4n) is 3.19. The van der Waals surface area contributed by atoms with Gasteiger partial charge >= 0.3 is 0 Å². The summed E-state index contributed by atoms with van der Waals surface area (Å²) < 4.78 is 10.9. The highest BCUT2D eigenvalue weighted by Crippen LogP contribution is 2.16. The summed E-state index contributed by atoms with van der Waals surface area (Å²) in [6, 6.07) is 17.6. The van der Waals surface area contributed by atoms with Crippen molar-refractivity contribution in [1.82, 2.24) is 15.1 Å². The maximum absolute atomic E-state index is 12.1. The molecule has 1 heterocycles. The number of hydrogen-bond acceptors (Lipinski definition) is 5. The number of carbonyl (C=O) groups is 1. The smallest absolute Gasteiger partial charge is 0.234 e. The van der Waals surface area contributed by atoms with Gasteiger partial charge in [0.2, 0.25) is 5.91 Å². The molecule has 0 aromatic heterocycles. The Morgan fingerprint density at radius 1 is 0.929 bits per heavy atom. The number of benzene rings is 2. The number of amides is 1. The van der Waals surface area contributed by atoms with Crippen LogP contribution in [0.3, 0.4) is 0 Å². The van der Waals surface area contributed by atoms with Crippen LogP contribution in [0.5, 0.6) is 11.5 Å². The van der Waals surface area contributed by atoms with Crippen LogP contribution >= 0.6 is 0 Å². The summed E-state index contributed by atoms with van der Waals surface area (Å²) in [4.78, 5) is 16.7. The van der Waals surface area contributed by atoms with Gasteiger partial charge in [-0.15, -0.1) is 0 Å². The van der Waals surface area contributed by atoms with Crippen molar-refractivity contribution in [2.45, 2.75) is 6.54 Å². The second-order valence-electron chi connectivity index (χ2n) is 6.90. The van der Waals surface area contributed by atoms with Crippen LogP contribution < -0.4 is 14.8 Å². The summed E-state index contributed by atoms with van der Waals surface area (Å²) in [6.07, 6.45) is 0. The van der Waals surface area contributed by atoms with Crippen LogP contribution in [0.1, 0.15) is 5.56 Å². The van der Waals surface area contributed by atoms with Gasteiger partial charge in [-0.1, -0.05) is 30.3 Å². The molecule has 6 nitrogen and oxygen atoms in total. The predicted octanol–water partition coefficient (Wildman–Crippen LogP) is 2.01. The molecule has 6 heteroatoms. The SMILES string of the molecule is COc1ccc(OCCN2CCN(CC(=O)NCc3ccccc3)CC2)cc1. The van der Waals surface area contributed by atoms with Crippen LogP contribution in [0.15, 0.2) is 54.6 Å². The monoisotopic (exact) mass is 383 g/mol. The minimum absolute atomic E-state index is 0.0835. The van der Waals surface area contributed by atoms with Crippen molar-refractivity contribution in [1.29, 1.82) is 0 Å². The van der Waals surface area contributed by atoms with Crippen LogP contribution in [0.2, 0.25) is 0 Å². The molecule has 0 atom stereocenters. The second kappa shape index (κ2) is 10.7. The lowest BCUT2D eigenvalue weighted by atomic mass is 10.2. The van der Waals surface area contributed by atoms with Gasteiger partial charge in [0.1, 0.15) is 18.1 Å². The van der Waals surface area contributed by atoms with Gasteiger partial charge < -0.3 is 14.8 Å². The Morgan fingerprint density at radius 3 is 2.25 bits per heavy atom. The topological polar surface area (TPSA) is 54.0 Å². The van der Waals surface area contributed by atoms with Crippen molar-refractivity contribution in [2.75, 3.05) is 53.0 Å². The molecule has 0 aliphatic carbocycles. The molecule has 1 amide bonds. The van der Waals surface area contributed by atoms with Crippen molar-refractivity contribution >= 4 is 5.91 Å². The lowest BCUT2D eigenvalue weighted by molar-refractivity contribution is -0.122. The molecule has 2 aromatic carbocycles. The maximum atomic E-state index is 12.1. The molecule has 1 N–H and O–H groups in total. The van der Waals surface area contributed by atoms with Crippen LogP contribution in [-0.4, -0.2) is 68.7 Å². The third-order valence-electron chi connectivity index (χ3n) is 4.90. The van der Waals surface area contributed by atoms with Gasteiger partial charge in [-0.25, -0.2) is 0 Å². The fraction of sp³-hybridized carbons (Fsp3) is 0.409. The van der Waals surface area contributed by atoms with E-state index in [2.05, 4.69) is 15.1 Å². The van der Waals surface area contributed by atoms with Crippen LogP contribution in [0.4, 0.5) is 0 Å². The number of ether oxygens (including phenoxy) is 2. The number of rotatable bonds is 9. The lowest BCUT2D eigenvalue weighted by Crippen LogP contribution is -2.50. The van der Waals surface area contributed by atoms with Crippen LogP contribution in [0, 0.1) is 0 Å². The molecule has 0 bridgehead atoms. The molecule has 0 radical (unpaired) electrons. The molecule has 1 fully saturated rings. The van der Waals surface area contributed by atoms with Gasteiger partial charge in [-0.3, -0.25) is 14.6 Å². The van der Waals surface area contributed by atoms with Gasteiger partial charge in [0, 0.05) is 39.3 Å². The van der Waals surface area contributed by atoms with Crippen LogP contribution in [-0.2, 0) is 11.3 Å². The van der Waals surface area contributed by atoms with Crippen molar-refractivity contribution in [3.63, 3.8) is 0 Å². The number of nitrogens with one attached hydrogen (secondary N) is 1. The minimum atomic E-state index is 0.0835. The van der Waals surface area contributed by atoms with E-state index in [0.717, 1.165) is 49.8 Å². The number of nitrogens with zero attached hydrogens (tertiary/aromatic N) is 2. The van der Waals surface area contributed by atoms with E-state index in [-0.39, 0.29) is 5.91 Å². The van der Waals surface area contributed by atoms with Gasteiger partial charge in [-0.05, 0) is 29.8 Å². The Labute approximate surface area is 167 Å². The van der Waals surface area contributed by atoms with E-state index in [1.165, 1.54) is 0 Å². The molecule has 3 rings (SSSR count). The second-order valence-corrected chi connectivity index (χ2v) is 6.90. The van der Waals surface area contributed by atoms with Crippen molar-refractivity contribution < 1.29 is 14.3 Å². The molecule has 150 valence electrons. The zero-order valence-corrected chi connectivity index (χ0v) is 16.5. The highest BCUT2D eigenvalue weighted by Gasteiger charge is 2.18. The van der Waals surface area contributed by atoms with Crippen LogP contribution in [0.25, 0.3) is 0 Å². The Balaban J connectivity index is 1.29. The molecule has 1 saturated heterocycles. The summed E-state index contributed by atoms with van der Waals surface area (Å²) in [5, 5.41) is 2.99. The van der Waals surface area contributed by atoms with E-state index in [1.54, 1.807) is 7.11 Å². The molecule has 2 aromatic rings. The normalized spacial score (nSPS) is 15.2. The van der Waals surface area contributed by atoms with Gasteiger partial charge in [-0.2, -0.15) is 0 Å². The molecule has 1 aliphatic heterocycles. The largest absolute Gasteiger partial charge is 0.497 e. The Bertz CT molecular complexity index is 714. The Morgan fingerprint density at radius 2 is 1.57 bits per heavy atom. The summed E-state index contributed by atoms with van der Waals surface area (Å²) in [6.45, 7) is 6.31. The van der Waals surface area contributed by atoms with E-state index in [4.69, 9.17) is 9.47 Å². The third kappa shape index (κ3) is 6.55. The summed E-state index contributed by atoms with van der Waals surface area (Å²) in [5.74, 6) is 1.77. The fourth-order valence-corrected chi connectivity index (χ4v) is 3.19. The third-order valence-corrected chi connectivity index (χ3v) is 4.90. The molecular formula is C22H29N3O3. The molecule has 0 saturated carbocycles. The molecular weight excluding hydrogens is 354 g/mol. The van der Waals surface area contributed by atoms with Crippen molar-refractivity contribution in [2.24, 2.45) is 0 Å². The average Bonchev–Trinajstić information content (AvgIpc) is 2.75. The van der Waals surface area contributed by atoms with Gasteiger partial charge in [0.25, 0.3) is 0 Å². The zero-order valence-electron chi connectivity index (χ0n) is 16.5. The quantitative estimate of drug-likeness (QED) is 0.718. The highest BCUT2D eigenvalue weighted by molar-refractivity contribution is 5.78. The Kier molecular flexibility index (Phi) is 7.70. The zero-order chi connectivity index (χ0) is 19.6. The van der Waals surface area contributed by atoms with E-state index >= 15 is 0 Å². The van der Waals surface area contributed by atoms with Crippen molar-refractivity contribution in [3.8, 4) is 11.5 Å². The highest BCUT2D eigenvalue weighted by atomic mass is 16.5. The number of piperazine rings is 1. The van der Waals surface area contributed by atoms with E-state index in [9.17, 15) is 4.79 Å². The number of carbonyl (C=O) groups excluding carboxylic acids is 1. The first kappa shape index (κ1) is 20.2. The molecule has 28 heavy (non-hydrogen) atoms. The van der Waals surface area contributed by atoms with Crippen molar-refractivity contribution in [3.05, 3.63) is 60.2 Å². The Hall–Kier alpha value is -2.57. The van der Waals surface area contributed by atoms with E-state index in [1.807, 2.05) is 54.6 Å². The summed E-state index contributed by atoms with van der Waals surface area (Å²) in [7, 11) is 1.66.